The molecule has 19 heavy (non-hydrogen) atoms. The summed E-state index contributed by atoms with van der Waals surface area (Å²) < 4.78 is 5.81. The molecule has 2 unspecified atom stereocenters. The molecule has 0 aromatic heterocycles. The summed E-state index contributed by atoms with van der Waals surface area (Å²) in [7, 11) is 0. The number of hydrogen-bond donors (Lipinski definition) is 1. The minimum absolute atomic E-state index is 0.384. The molecule has 0 amide bonds. The normalized spacial score (nSPS) is 21.3. The molecular formula is C16H24ClNO. The highest BCUT2D eigenvalue weighted by Crippen LogP contribution is 2.25. The Bertz CT molecular complexity index is 377. The fourth-order valence-corrected chi connectivity index (χ4v) is 2.94. The van der Waals surface area contributed by atoms with E-state index in [2.05, 4.69) is 24.4 Å². The maximum absolute atomic E-state index is 6.09. The van der Waals surface area contributed by atoms with Gasteiger partial charge < -0.3 is 10.1 Å². The molecule has 1 N–H and O–H groups in total. The third kappa shape index (κ3) is 4.79. The summed E-state index contributed by atoms with van der Waals surface area (Å²) in [4.78, 5) is 0. The highest BCUT2D eigenvalue weighted by Gasteiger charge is 2.17. The van der Waals surface area contributed by atoms with Gasteiger partial charge >= 0.3 is 0 Å². The first-order valence-electron chi connectivity index (χ1n) is 7.40. The second-order valence-corrected chi connectivity index (χ2v) is 5.67. The second kappa shape index (κ2) is 7.88. The van der Waals surface area contributed by atoms with E-state index in [1.807, 2.05) is 12.1 Å². The third-order valence-corrected chi connectivity index (χ3v) is 3.99. The van der Waals surface area contributed by atoms with E-state index in [0.717, 1.165) is 31.0 Å². The van der Waals surface area contributed by atoms with Gasteiger partial charge in [0.2, 0.25) is 0 Å². The van der Waals surface area contributed by atoms with E-state index < -0.39 is 0 Å². The van der Waals surface area contributed by atoms with Crippen molar-refractivity contribution in [1.29, 1.82) is 0 Å². The van der Waals surface area contributed by atoms with E-state index in [1.54, 1.807) is 0 Å². The van der Waals surface area contributed by atoms with Gasteiger partial charge in [-0.15, -0.1) is 0 Å². The summed E-state index contributed by atoms with van der Waals surface area (Å²) in [5.74, 6) is 0. The number of halogens is 1. The van der Waals surface area contributed by atoms with E-state index in [-0.39, 0.29) is 0 Å². The van der Waals surface area contributed by atoms with Gasteiger partial charge in [0, 0.05) is 17.7 Å². The molecule has 3 heteroatoms. The van der Waals surface area contributed by atoms with E-state index in [0.29, 0.717) is 12.1 Å². The fourth-order valence-electron chi connectivity index (χ4n) is 2.74. The highest BCUT2D eigenvalue weighted by atomic mass is 35.5. The topological polar surface area (TPSA) is 21.3 Å². The lowest BCUT2D eigenvalue weighted by Crippen LogP contribution is -2.25. The Labute approximate surface area is 121 Å². The number of nitrogens with one attached hydrogen (secondary N) is 1. The zero-order valence-electron chi connectivity index (χ0n) is 11.7. The average molecular weight is 282 g/mol. The number of hydrogen-bond acceptors (Lipinski definition) is 2. The van der Waals surface area contributed by atoms with Crippen molar-refractivity contribution < 1.29 is 4.74 Å². The van der Waals surface area contributed by atoms with Crippen LogP contribution in [0.2, 0.25) is 5.02 Å². The lowest BCUT2D eigenvalue weighted by Gasteiger charge is -2.25. The first-order valence-corrected chi connectivity index (χ1v) is 7.78. The molecule has 0 radical (unpaired) electrons. The van der Waals surface area contributed by atoms with Crippen molar-refractivity contribution in [1.82, 2.24) is 5.32 Å². The van der Waals surface area contributed by atoms with Gasteiger partial charge in [-0.05, 0) is 56.3 Å². The molecule has 0 aliphatic carbocycles. The zero-order chi connectivity index (χ0) is 13.5. The van der Waals surface area contributed by atoms with E-state index >= 15 is 0 Å². The van der Waals surface area contributed by atoms with Crippen molar-refractivity contribution in [3.05, 3.63) is 34.9 Å². The van der Waals surface area contributed by atoms with Crippen molar-refractivity contribution in [2.45, 2.75) is 51.2 Å². The molecule has 1 aromatic rings. The van der Waals surface area contributed by atoms with Gasteiger partial charge in [-0.2, -0.15) is 0 Å². The first-order chi connectivity index (χ1) is 9.29. The van der Waals surface area contributed by atoms with Crippen LogP contribution in [0.3, 0.4) is 0 Å². The molecule has 2 rings (SSSR count). The van der Waals surface area contributed by atoms with Crippen LogP contribution in [0.15, 0.2) is 24.3 Å². The third-order valence-electron chi connectivity index (χ3n) is 3.75. The first kappa shape index (κ1) is 14.8. The molecular weight excluding hydrogens is 258 g/mol. The quantitative estimate of drug-likeness (QED) is 0.837. The molecule has 1 saturated heterocycles. The molecule has 1 aromatic carbocycles. The number of ether oxygens (including phenoxy) is 1. The van der Waals surface area contributed by atoms with Crippen LogP contribution in [0, 0.1) is 0 Å². The minimum atomic E-state index is 0.384. The van der Waals surface area contributed by atoms with Crippen molar-refractivity contribution in [2.75, 3.05) is 13.2 Å². The largest absolute Gasteiger partial charge is 0.378 e. The molecule has 0 bridgehead atoms. The van der Waals surface area contributed by atoms with Crippen molar-refractivity contribution >= 4 is 11.6 Å². The Balaban J connectivity index is 1.91. The summed E-state index contributed by atoms with van der Waals surface area (Å²) in [5, 5.41) is 4.37. The lowest BCUT2D eigenvalue weighted by molar-refractivity contribution is 0.00857. The second-order valence-electron chi connectivity index (χ2n) is 5.23. The fraction of sp³-hybridized carbons (Fsp3) is 0.625. The van der Waals surface area contributed by atoms with Gasteiger partial charge in [0.1, 0.15) is 0 Å². The standard InChI is InChI=1S/C16H24ClNO/c1-2-18-16(13-6-5-7-14(17)12-13)10-9-15-8-3-4-11-19-15/h5-7,12,15-16,18H,2-4,8-11H2,1H3. The van der Waals surface area contributed by atoms with Crippen LogP contribution < -0.4 is 5.32 Å². The predicted molar refractivity (Wildman–Crippen MR) is 80.7 cm³/mol. The average Bonchev–Trinajstić information content (AvgIpc) is 2.44. The molecule has 2 nitrogen and oxygen atoms in total. The summed E-state index contributed by atoms with van der Waals surface area (Å²) in [5.41, 5.74) is 1.28. The Morgan fingerprint density at radius 3 is 3.00 bits per heavy atom. The van der Waals surface area contributed by atoms with Gasteiger partial charge in [0.05, 0.1) is 6.10 Å². The summed E-state index contributed by atoms with van der Waals surface area (Å²) >= 11 is 6.09. The van der Waals surface area contributed by atoms with E-state index in [4.69, 9.17) is 16.3 Å². The molecule has 1 fully saturated rings. The predicted octanol–water partition coefficient (Wildman–Crippen LogP) is 4.34. The molecule has 1 aliphatic rings. The molecule has 1 aliphatic heterocycles. The Morgan fingerprint density at radius 2 is 2.32 bits per heavy atom. The molecule has 0 spiro atoms. The van der Waals surface area contributed by atoms with Gasteiger partial charge in [-0.25, -0.2) is 0 Å². The monoisotopic (exact) mass is 281 g/mol. The van der Waals surface area contributed by atoms with Crippen LogP contribution in [-0.4, -0.2) is 19.3 Å². The Kier molecular flexibility index (Phi) is 6.15. The Hall–Kier alpha value is -0.570. The van der Waals surface area contributed by atoms with Crippen LogP contribution >= 0.6 is 11.6 Å². The highest BCUT2D eigenvalue weighted by molar-refractivity contribution is 6.30. The van der Waals surface area contributed by atoms with Gasteiger partial charge in [-0.1, -0.05) is 30.7 Å². The van der Waals surface area contributed by atoms with Crippen LogP contribution in [0.25, 0.3) is 0 Å². The smallest absolute Gasteiger partial charge is 0.0575 e. The van der Waals surface area contributed by atoms with Crippen molar-refractivity contribution in [3.8, 4) is 0 Å². The van der Waals surface area contributed by atoms with Gasteiger partial charge in [-0.3, -0.25) is 0 Å². The summed E-state index contributed by atoms with van der Waals surface area (Å²) in [6.07, 6.45) is 6.45. The number of benzene rings is 1. The molecule has 2 atom stereocenters. The zero-order valence-corrected chi connectivity index (χ0v) is 12.5. The van der Waals surface area contributed by atoms with Crippen molar-refractivity contribution in [2.24, 2.45) is 0 Å². The summed E-state index contributed by atoms with van der Waals surface area (Å²) in [6, 6.07) is 8.56. The van der Waals surface area contributed by atoms with Crippen LogP contribution in [0.1, 0.15) is 50.6 Å². The maximum atomic E-state index is 6.09. The van der Waals surface area contributed by atoms with Crippen LogP contribution in [0.5, 0.6) is 0 Å². The van der Waals surface area contributed by atoms with Crippen molar-refractivity contribution in [3.63, 3.8) is 0 Å². The maximum Gasteiger partial charge on any atom is 0.0575 e. The minimum Gasteiger partial charge on any atom is -0.378 e. The van der Waals surface area contributed by atoms with Crippen LogP contribution in [0.4, 0.5) is 0 Å². The lowest BCUT2D eigenvalue weighted by atomic mass is 9.97. The molecule has 0 saturated carbocycles. The molecule has 1 heterocycles. The Morgan fingerprint density at radius 1 is 1.42 bits per heavy atom. The summed E-state index contributed by atoms with van der Waals surface area (Å²) in [6.45, 7) is 4.06. The van der Waals surface area contributed by atoms with E-state index in [1.165, 1.54) is 24.8 Å². The van der Waals surface area contributed by atoms with E-state index in [9.17, 15) is 0 Å². The number of rotatable bonds is 6. The van der Waals surface area contributed by atoms with Gasteiger partial charge in [0.25, 0.3) is 0 Å². The van der Waals surface area contributed by atoms with Crippen LogP contribution in [-0.2, 0) is 4.74 Å². The SMILES string of the molecule is CCNC(CCC1CCCCO1)c1cccc(Cl)c1. The molecule has 106 valence electrons. The van der Waals surface area contributed by atoms with Gasteiger partial charge in [0.15, 0.2) is 0 Å².